The Morgan fingerprint density at radius 2 is 1.84 bits per heavy atom. The van der Waals surface area contributed by atoms with Crippen molar-refractivity contribution in [3.63, 3.8) is 0 Å². The molecule has 0 radical (unpaired) electrons. The number of piperidine rings is 1. The summed E-state index contributed by atoms with van der Waals surface area (Å²) in [4.78, 5) is -0.543. The standard InChI is InChI=1S/C11H12F2N2O3S/c12-8-1-2-11(10(13)7-8)19(17,18)15-5-3-9(14-16)4-6-15/h1-2,7,16H,3-6H2. The Kier molecular flexibility index (Phi) is 3.81. The van der Waals surface area contributed by atoms with Crippen LogP contribution in [0.5, 0.6) is 0 Å². The van der Waals surface area contributed by atoms with Crippen LogP contribution in [0.15, 0.2) is 28.3 Å². The molecule has 1 aromatic rings. The minimum absolute atomic E-state index is 0.110. The molecule has 19 heavy (non-hydrogen) atoms. The maximum atomic E-state index is 13.5. The van der Waals surface area contributed by atoms with Gasteiger partial charge in [0.25, 0.3) is 0 Å². The number of nitrogens with zero attached hydrogens (tertiary/aromatic N) is 2. The van der Waals surface area contributed by atoms with Gasteiger partial charge in [0, 0.05) is 32.0 Å². The molecular formula is C11H12F2N2O3S. The van der Waals surface area contributed by atoms with E-state index in [1.807, 2.05) is 0 Å². The minimum atomic E-state index is -3.99. The molecule has 1 aliphatic rings. The Labute approximate surface area is 109 Å². The summed E-state index contributed by atoms with van der Waals surface area (Å²) in [5.41, 5.74) is 0.506. The molecular weight excluding hydrogens is 278 g/mol. The van der Waals surface area contributed by atoms with Crippen LogP contribution in [-0.2, 0) is 10.0 Å². The van der Waals surface area contributed by atoms with E-state index in [-0.39, 0.29) is 13.1 Å². The Balaban J connectivity index is 2.28. The number of hydrogen-bond donors (Lipinski definition) is 1. The third-order valence-corrected chi connectivity index (χ3v) is 4.88. The van der Waals surface area contributed by atoms with Crippen molar-refractivity contribution in [3.05, 3.63) is 29.8 Å². The summed E-state index contributed by atoms with van der Waals surface area (Å²) in [6.45, 7) is 0.219. The second-order valence-corrected chi connectivity index (χ2v) is 6.05. The lowest BCUT2D eigenvalue weighted by Gasteiger charge is -2.26. The zero-order valence-corrected chi connectivity index (χ0v) is 10.7. The smallest absolute Gasteiger partial charge is 0.246 e. The lowest BCUT2D eigenvalue weighted by molar-refractivity contribution is 0.309. The summed E-state index contributed by atoms with van der Waals surface area (Å²) in [5.74, 6) is -1.94. The van der Waals surface area contributed by atoms with Gasteiger partial charge in [0.2, 0.25) is 10.0 Å². The molecule has 2 rings (SSSR count). The molecule has 104 valence electrons. The summed E-state index contributed by atoms with van der Waals surface area (Å²) in [5, 5.41) is 11.6. The number of benzene rings is 1. The van der Waals surface area contributed by atoms with Crippen LogP contribution < -0.4 is 0 Å². The molecule has 8 heteroatoms. The van der Waals surface area contributed by atoms with Gasteiger partial charge in [-0.05, 0) is 12.1 Å². The normalized spacial score (nSPS) is 17.5. The fourth-order valence-electron chi connectivity index (χ4n) is 1.91. The van der Waals surface area contributed by atoms with Gasteiger partial charge in [0.15, 0.2) is 0 Å². The van der Waals surface area contributed by atoms with Crippen molar-refractivity contribution in [3.8, 4) is 0 Å². The predicted molar refractivity (Wildman–Crippen MR) is 63.6 cm³/mol. The maximum absolute atomic E-state index is 13.5. The Bertz CT molecular complexity index is 606. The summed E-state index contributed by atoms with van der Waals surface area (Å²) in [7, 11) is -3.99. The third-order valence-electron chi connectivity index (χ3n) is 2.95. The average molecular weight is 290 g/mol. The first kappa shape index (κ1) is 13.9. The molecule has 0 bridgehead atoms. The van der Waals surface area contributed by atoms with Gasteiger partial charge in [0.05, 0.1) is 5.71 Å². The Morgan fingerprint density at radius 3 is 2.37 bits per heavy atom. The average Bonchev–Trinajstić information content (AvgIpc) is 2.38. The molecule has 0 amide bonds. The van der Waals surface area contributed by atoms with E-state index in [1.54, 1.807) is 0 Å². The number of halogens is 2. The van der Waals surface area contributed by atoms with E-state index in [4.69, 9.17) is 5.21 Å². The van der Waals surface area contributed by atoms with E-state index < -0.39 is 26.6 Å². The lowest BCUT2D eigenvalue weighted by Crippen LogP contribution is -2.39. The van der Waals surface area contributed by atoms with Crippen molar-refractivity contribution in [1.29, 1.82) is 0 Å². The molecule has 0 aliphatic carbocycles. The molecule has 1 aromatic carbocycles. The van der Waals surface area contributed by atoms with Crippen LogP contribution >= 0.6 is 0 Å². The summed E-state index contributed by atoms with van der Waals surface area (Å²) in [6.07, 6.45) is 0.580. The van der Waals surface area contributed by atoms with Crippen LogP contribution in [-0.4, -0.2) is 36.7 Å². The topological polar surface area (TPSA) is 70.0 Å². The molecule has 0 aromatic heterocycles. The highest BCUT2D eigenvalue weighted by Crippen LogP contribution is 2.22. The van der Waals surface area contributed by atoms with Crippen molar-refractivity contribution >= 4 is 15.7 Å². The molecule has 0 unspecified atom stereocenters. The molecule has 1 N–H and O–H groups in total. The lowest BCUT2D eigenvalue weighted by atomic mass is 10.1. The van der Waals surface area contributed by atoms with Gasteiger partial charge >= 0.3 is 0 Å². The van der Waals surface area contributed by atoms with Crippen molar-refractivity contribution in [2.75, 3.05) is 13.1 Å². The molecule has 5 nitrogen and oxygen atoms in total. The van der Waals surface area contributed by atoms with Crippen molar-refractivity contribution in [1.82, 2.24) is 4.31 Å². The first-order valence-corrected chi connectivity index (χ1v) is 7.04. The minimum Gasteiger partial charge on any atom is -0.411 e. The Morgan fingerprint density at radius 1 is 1.21 bits per heavy atom. The first-order valence-electron chi connectivity index (χ1n) is 5.60. The maximum Gasteiger partial charge on any atom is 0.246 e. The van der Waals surface area contributed by atoms with E-state index in [1.165, 1.54) is 0 Å². The van der Waals surface area contributed by atoms with Gasteiger partial charge in [0.1, 0.15) is 16.5 Å². The monoisotopic (exact) mass is 290 g/mol. The van der Waals surface area contributed by atoms with E-state index >= 15 is 0 Å². The van der Waals surface area contributed by atoms with E-state index in [2.05, 4.69) is 5.16 Å². The van der Waals surface area contributed by atoms with Gasteiger partial charge in [-0.15, -0.1) is 0 Å². The molecule has 1 saturated heterocycles. The molecule has 0 atom stereocenters. The predicted octanol–water partition coefficient (Wildman–Crippen LogP) is 1.58. The number of sulfonamides is 1. The quantitative estimate of drug-likeness (QED) is 0.664. The highest BCUT2D eigenvalue weighted by Gasteiger charge is 2.30. The summed E-state index contributed by atoms with van der Waals surface area (Å²) >= 11 is 0. The molecule has 1 fully saturated rings. The van der Waals surface area contributed by atoms with Crippen molar-refractivity contribution in [2.24, 2.45) is 5.16 Å². The Hall–Kier alpha value is -1.54. The fourth-order valence-corrected chi connectivity index (χ4v) is 3.39. The second-order valence-electron chi connectivity index (χ2n) is 4.15. The molecule has 1 heterocycles. The van der Waals surface area contributed by atoms with Gasteiger partial charge in [-0.25, -0.2) is 17.2 Å². The molecule has 0 spiro atoms. The van der Waals surface area contributed by atoms with Crippen LogP contribution in [0.1, 0.15) is 12.8 Å². The van der Waals surface area contributed by atoms with Crippen LogP contribution in [0.4, 0.5) is 8.78 Å². The highest BCUT2D eigenvalue weighted by molar-refractivity contribution is 7.89. The summed E-state index contributed by atoms with van der Waals surface area (Å²) in [6, 6.07) is 2.35. The SMILES string of the molecule is O=S(=O)(c1ccc(F)cc1F)N1CCC(=NO)CC1. The zero-order chi connectivity index (χ0) is 14.0. The number of oxime groups is 1. The van der Waals surface area contributed by atoms with Crippen molar-refractivity contribution < 1.29 is 22.4 Å². The van der Waals surface area contributed by atoms with Gasteiger partial charge in [-0.3, -0.25) is 0 Å². The number of hydrogen-bond acceptors (Lipinski definition) is 4. The van der Waals surface area contributed by atoms with Gasteiger partial charge < -0.3 is 5.21 Å². The largest absolute Gasteiger partial charge is 0.411 e. The first-order chi connectivity index (χ1) is 8.95. The van der Waals surface area contributed by atoms with Crippen molar-refractivity contribution in [2.45, 2.75) is 17.7 Å². The third kappa shape index (κ3) is 2.74. The van der Waals surface area contributed by atoms with Gasteiger partial charge in [-0.1, -0.05) is 5.16 Å². The van der Waals surface area contributed by atoms with Crippen LogP contribution in [0, 0.1) is 11.6 Å². The second kappa shape index (κ2) is 5.22. The fraction of sp³-hybridized carbons (Fsp3) is 0.364. The van der Waals surface area contributed by atoms with Crippen LogP contribution in [0.2, 0.25) is 0 Å². The van der Waals surface area contributed by atoms with E-state index in [9.17, 15) is 17.2 Å². The van der Waals surface area contributed by atoms with Gasteiger partial charge in [-0.2, -0.15) is 4.31 Å². The highest BCUT2D eigenvalue weighted by atomic mass is 32.2. The van der Waals surface area contributed by atoms with Crippen LogP contribution in [0.3, 0.4) is 0 Å². The number of rotatable bonds is 2. The molecule has 1 aliphatic heterocycles. The zero-order valence-electron chi connectivity index (χ0n) is 9.88. The molecule has 0 saturated carbocycles. The summed E-state index contributed by atoms with van der Waals surface area (Å²) < 4.78 is 51.8. The van der Waals surface area contributed by atoms with E-state index in [0.717, 1.165) is 16.4 Å². The van der Waals surface area contributed by atoms with Crippen LogP contribution in [0.25, 0.3) is 0 Å². The van der Waals surface area contributed by atoms with E-state index in [0.29, 0.717) is 24.6 Å².